The molecule has 108 valence electrons. The third-order valence-corrected chi connectivity index (χ3v) is 2.39. The van der Waals surface area contributed by atoms with E-state index in [9.17, 15) is 0 Å². The molecule has 0 aromatic heterocycles. The van der Waals surface area contributed by atoms with Gasteiger partial charge in [-0.1, -0.05) is 48.0 Å². The number of rotatable bonds is 9. The molecule has 0 aliphatic heterocycles. The van der Waals surface area contributed by atoms with Crippen molar-refractivity contribution < 1.29 is 0 Å². The van der Waals surface area contributed by atoms with Gasteiger partial charge < -0.3 is 4.90 Å². The maximum absolute atomic E-state index is 4.57. The van der Waals surface area contributed by atoms with E-state index in [0.29, 0.717) is 0 Å². The van der Waals surface area contributed by atoms with Crippen LogP contribution in [0.1, 0.15) is 73.6 Å². The Hall–Kier alpha value is -0.790. The quantitative estimate of drug-likeness (QED) is 0.513. The molecule has 0 spiro atoms. The van der Waals surface area contributed by atoms with Crippen molar-refractivity contribution in [2.24, 2.45) is 4.99 Å². The van der Waals surface area contributed by atoms with Crippen molar-refractivity contribution in [1.82, 2.24) is 4.90 Å². The topological polar surface area (TPSA) is 15.6 Å². The van der Waals surface area contributed by atoms with Gasteiger partial charge in [0.1, 0.15) is 5.82 Å². The molecule has 0 aromatic rings. The zero-order chi connectivity index (χ0) is 14.2. The highest BCUT2D eigenvalue weighted by Crippen LogP contribution is 2.10. The van der Waals surface area contributed by atoms with Crippen LogP contribution in [0.3, 0.4) is 0 Å². The molecule has 0 aliphatic rings. The Morgan fingerprint density at radius 1 is 0.944 bits per heavy atom. The van der Waals surface area contributed by atoms with Gasteiger partial charge in [-0.15, -0.1) is 0 Å². The van der Waals surface area contributed by atoms with E-state index >= 15 is 0 Å². The van der Waals surface area contributed by atoms with Gasteiger partial charge in [0.25, 0.3) is 0 Å². The van der Waals surface area contributed by atoms with E-state index in [4.69, 9.17) is 0 Å². The molecule has 0 saturated heterocycles. The number of aliphatic imine (C=N–C) groups is 1. The summed E-state index contributed by atoms with van der Waals surface area (Å²) in [6, 6.07) is 0. The first-order valence-electron chi connectivity index (χ1n) is 7.77. The van der Waals surface area contributed by atoms with Crippen LogP contribution in [-0.2, 0) is 0 Å². The molecule has 0 atom stereocenters. The standard InChI is InChI=1S/C14H28N2.C2H6/c1-5-9-13-16(12-8-4)14(10-6-2)15-11-7-3;1-2/h10-11H,5-9,12-13H2,1-4H3;1-2H3/b14-10+,15-11-;. The van der Waals surface area contributed by atoms with E-state index in [1.54, 1.807) is 0 Å². The maximum Gasteiger partial charge on any atom is 0.124 e. The van der Waals surface area contributed by atoms with Gasteiger partial charge in [-0.05, 0) is 31.8 Å². The first-order chi connectivity index (χ1) is 8.79. The van der Waals surface area contributed by atoms with Gasteiger partial charge in [0.2, 0.25) is 0 Å². The fraction of sp³-hybridized carbons (Fsp3) is 0.812. The summed E-state index contributed by atoms with van der Waals surface area (Å²) in [5.41, 5.74) is 0. The van der Waals surface area contributed by atoms with Gasteiger partial charge in [-0.25, -0.2) is 4.99 Å². The Labute approximate surface area is 115 Å². The van der Waals surface area contributed by atoms with Crippen molar-refractivity contribution in [3.05, 3.63) is 11.9 Å². The van der Waals surface area contributed by atoms with Crippen LogP contribution in [0.25, 0.3) is 0 Å². The third-order valence-electron chi connectivity index (χ3n) is 2.39. The fourth-order valence-corrected chi connectivity index (χ4v) is 1.59. The average molecular weight is 254 g/mol. The van der Waals surface area contributed by atoms with E-state index < -0.39 is 0 Å². The summed E-state index contributed by atoms with van der Waals surface area (Å²) < 4.78 is 0. The number of hydrogen-bond donors (Lipinski definition) is 0. The molecule has 2 nitrogen and oxygen atoms in total. The molecule has 0 aromatic carbocycles. The van der Waals surface area contributed by atoms with E-state index in [1.165, 1.54) is 25.1 Å². The minimum absolute atomic E-state index is 1.01. The van der Waals surface area contributed by atoms with Crippen molar-refractivity contribution in [3.63, 3.8) is 0 Å². The molecule has 0 radical (unpaired) electrons. The largest absolute Gasteiger partial charge is 0.357 e. The van der Waals surface area contributed by atoms with Crippen molar-refractivity contribution in [2.75, 3.05) is 13.1 Å². The van der Waals surface area contributed by atoms with Crippen molar-refractivity contribution in [3.8, 4) is 0 Å². The lowest BCUT2D eigenvalue weighted by molar-refractivity contribution is 0.334. The molecular weight excluding hydrogens is 220 g/mol. The molecular formula is C16H34N2. The molecule has 0 rings (SSSR count). The zero-order valence-corrected chi connectivity index (χ0v) is 13.5. The molecule has 0 saturated carbocycles. The lowest BCUT2D eigenvalue weighted by atomic mass is 10.3. The molecule has 18 heavy (non-hydrogen) atoms. The minimum atomic E-state index is 1.01. The molecule has 0 amide bonds. The Kier molecular flexibility index (Phi) is 17.6. The third kappa shape index (κ3) is 10.4. The molecule has 0 N–H and O–H groups in total. The smallest absolute Gasteiger partial charge is 0.124 e. The Morgan fingerprint density at radius 2 is 1.61 bits per heavy atom. The predicted molar refractivity (Wildman–Crippen MR) is 85.3 cm³/mol. The van der Waals surface area contributed by atoms with E-state index in [2.05, 4.69) is 43.7 Å². The second-order valence-electron chi connectivity index (χ2n) is 4.03. The molecule has 0 bridgehead atoms. The van der Waals surface area contributed by atoms with Gasteiger partial charge in [0.15, 0.2) is 0 Å². The monoisotopic (exact) mass is 254 g/mol. The lowest BCUT2D eigenvalue weighted by Crippen LogP contribution is -2.24. The number of allylic oxidation sites excluding steroid dienone is 1. The fourth-order valence-electron chi connectivity index (χ4n) is 1.59. The van der Waals surface area contributed by atoms with Crippen molar-refractivity contribution in [2.45, 2.75) is 73.6 Å². The Morgan fingerprint density at radius 3 is 2.06 bits per heavy atom. The van der Waals surface area contributed by atoms with Crippen LogP contribution >= 0.6 is 0 Å². The molecule has 2 heteroatoms. The van der Waals surface area contributed by atoms with Crippen LogP contribution in [0.4, 0.5) is 0 Å². The highest BCUT2D eigenvalue weighted by Gasteiger charge is 2.05. The normalized spacial score (nSPS) is 11.3. The predicted octanol–water partition coefficient (Wildman–Crippen LogP) is 5.26. The Balaban J connectivity index is 0. The van der Waals surface area contributed by atoms with Gasteiger partial charge in [-0.3, -0.25) is 0 Å². The lowest BCUT2D eigenvalue weighted by Gasteiger charge is -2.24. The van der Waals surface area contributed by atoms with Crippen LogP contribution < -0.4 is 0 Å². The summed E-state index contributed by atoms with van der Waals surface area (Å²) in [6.45, 7) is 15.0. The summed E-state index contributed by atoms with van der Waals surface area (Å²) >= 11 is 0. The van der Waals surface area contributed by atoms with Crippen LogP contribution in [0, 0.1) is 0 Å². The minimum Gasteiger partial charge on any atom is -0.357 e. The summed E-state index contributed by atoms with van der Waals surface area (Å²) in [6.07, 6.45) is 10.00. The molecule has 0 aliphatic carbocycles. The van der Waals surface area contributed by atoms with Gasteiger partial charge in [0.05, 0.1) is 0 Å². The van der Waals surface area contributed by atoms with Crippen molar-refractivity contribution >= 4 is 6.21 Å². The Bertz CT molecular complexity index is 207. The van der Waals surface area contributed by atoms with Gasteiger partial charge in [0, 0.05) is 19.3 Å². The molecule has 0 fully saturated rings. The van der Waals surface area contributed by atoms with Crippen LogP contribution in [0.15, 0.2) is 16.9 Å². The van der Waals surface area contributed by atoms with E-state index in [-0.39, 0.29) is 0 Å². The van der Waals surface area contributed by atoms with Crippen LogP contribution in [0.5, 0.6) is 0 Å². The summed E-state index contributed by atoms with van der Waals surface area (Å²) in [7, 11) is 0. The van der Waals surface area contributed by atoms with E-state index in [1.807, 2.05) is 20.1 Å². The molecule has 0 unspecified atom stereocenters. The second kappa shape index (κ2) is 16.2. The van der Waals surface area contributed by atoms with Crippen molar-refractivity contribution in [1.29, 1.82) is 0 Å². The van der Waals surface area contributed by atoms with E-state index in [0.717, 1.165) is 25.9 Å². The summed E-state index contributed by atoms with van der Waals surface area (Å²) in [4.78, 5) is 6.98. The van der Waals surface area contributed by atoms with Crippen LogP contribution in [0.2, 0.25) is 0 Å². The first-order valence-corrected chi connectivity index (χ1v) is 7.77. The second-order valence-corrected chi connectivity index (χ2v) is 4.03. The molecule has 0 heterocycles. The van der Waals surface area contributed by atoms with Gasteiger partial charge >= 0.3 is 0 Å². The average Bonchev–Trinajstić information content (AvgIpc) is 2.42. The number of unbranched alkanes of at least 4 members (excludes halogenated alkanes) is 1. The highest BCUT2D eigenvalue weighted by atomic mass is 15.2. The maximum atomic E-state index is 4.57. The van der Waals surface area contributed by atoms with Gasteiger partial charge in [-0.2, -0.15) is 0 Å². The highest BCUT2D eigenvalue weighted by molar-refractivity contribution is 5.58. The summed E-state index contributed by atoms with van der Waals surface area (Å²) in [5.74, 6) is 1.17. The summed E-state index contributed by atoms with van der Waals surface area (Å²) in [5, 5.41) is 0. The first kappa shape index (κ1) is 19.5. The van der Waals surface area contributed by atoms with Crippen LogP contribution in [-0.4, -0.2) is 24.2 Å². The number of hydrogen-bond acceptors (Lipinski definition) is 2. The zero-order valence-electron chi connectivity index (χ0n) is 13.5. The number of nitrogens with zero attached hydrogens (tertiary/aromatic N) is 2. The SMILES string of the molecule is CC.CC/C=N\C(=C/CC)N(CCC)CCCC.